The molecule has 2 aromatic carbocycles. The van der Waals surface area contributed by atoms with Gasteiger partial charge in [-0.15, -0.1) is 23.1 Å². The van der Waals surface area contributed by atoms with Crippen molar-refractivity contribution >= 4 is 73.6 Å². The lowest BCUT2D eigenvalue weighted by Gasteiger charge is -2.09. The Balaban J connectivity index is 1.56. The van der Waals surface area contributed by atoms with Crippen molar-refractivity contribution in [2.24, 2.45) is 0 Å². The van der Waals surface area contributed by atoms with E-state index in [1.165, 1.54) is 11.8 Å². The first-order valence-electron chi connectivity index (χ1n) is 7.87. The number of hydrogen-bond donors (Lipinski definition) is 2. The molecule has 146 valence electrons. The number of amides is 1. The van der Waals surface area contributed by atoms with Crippen LogP contribution in [0.4, 0.5) is 11.4 Å². The zero-order valence-corrected chi connectivity index (χ0v) is 18.1. The summed E-state index contributed by atoms with van der Waals surface area (Å²) in [7, 11) is -3.58. The Morgan fingerprint density at radius 1 is 1.07 bits per heavy atom. The van der Waals surface area contributed by atoms with Crippen LogP contribution in [-0.4, -0.2) is 20.1 Å². The van der Waals surface area contributed by atoms with E-state index in [0.717, 1.165) is 16.2 Å². The summed E-state index contributed by atoms with van der Waals surface area (Å²) in [6.07, 6.45) is 0. The monoisotopic (exact) mass is 472 g/mol. The predicted octanol–water partition coefficient (Wildman–Crippen LogP) is 5.59. The van der Waals surface area contributed by atoms with E-state index in [9.17, 15) is 13.2 Å². The maximum atomic E-state index is 12.2. The lowest BCUT2D eigenvalue weighted by molar-refractivity contribution is -0.113. The third kappa shape index (κ3) is 5.65. The molecule has 3 aromatic rings. The summed E-state index contributed by atoms with van der Waals surface area (Å²) in [4.78, 5) is 12.9. The van der Waals surface area contributed by atoms with E-state index in [1.807, 2.05) is 0 Å². The number of carbonyl (C=O) groups is 1. The normalized spacial score (nSPS) is 11.2. The van der Waals surface area contributed by atoms with Crippen LogP contribution in [0.3, 0.4) is 0 Å². The highest BCUT2D eigenvalue weighted by Gasteiger charge is 2.15. The molecule has 1 amide bonds. The molecule has 0 spiro atoms. The molecular weight excluding hydrogens is 459 g/mol. The van der Waals surface area contributed by atoms with Crippen molar-refractivity contribution in [1.29, 1.82) is 0 Å². The van der Waals surface area contributed by atoms with Gasteiger partial charge in [-0.2, -0.15) is 0 Å². The van der Waals surface area contributed by atoms with Crippen molar-refractivity contribution in [3.8, 4) is 0 Å². The minimum Gasteiger partial charge on any atom is -0.324 e. The van der Waals surface area contributed by atoms with Crippen LogP contribution in [0.5, 0.6) is 0 Å². The Morgan fingerprint density at radius 3 is 2.50 bits per heavy atom. The third-order valence-corrected chi connectivity index (χ3v) is 7.79. The molecule has 0 fully saturated rings. The zero-order valence-electron chi connectivity index (χ0n) is 14.2. The molecular formula is C18H14Cl2N2O3S3. The fraction of sp³-hybridized carbons (Fsp3) is 0.0556. The molecule has 0 radical (unpaired) electrons. The molecule has 1 aromatic heterocycles. The number of carbonyl (C=O) groups excluding carboxylic acids is 1. The second-order valence-corrected chi connectivity index (χ2v) is 10.3. The molecule has 0 bridgehead atoms. The number of hydrogen-bond acceptors (Lipinski definition) is 5. The summed E-state index contributed by atoms with van der Waals surface area (Å²) < 4.78 is 27.2. The fourth-order valence-electron chi connectivity index (χ4n) is 2.17. The molecule has 0 unspecified atom stereocenters. The lowest BCUT2D eigenvalue weighted by Crippen LogP contribution is -2.14. The van der Waals surface area contributed by atoms with E-state index in [-0.39, 0.29) is 15.9 Å². The van der Waals surface area contributed by atoms with Crippen molar-refractivity contribution in [3.05, 3.63) is 70.0 Å². The van der Waals surface area contributed by atoms with Gasteiger partial charge in [0.05, 0.1) is 16.5 Å². The molecule has 0 atom stereocenters. The highest BCUT2D eigenvalue weighted by atomic mass is 35.5. The predicted molar refractivity (Wildman–Crippen MR) is 117 cm³/mol. The molecule has 3 rings (SSSR count). The smallest absolute Gasteiger partial charge is 0.271 e. The molecule has 1 heterocycles. The first-order chi connectivity index (χ1) is 13.3. The van der Waals surface area contributed by atoms with Gasteiger partial charge < -0.3 is 5.32 Å². The van der Waals surface area contributed by atoms with Crippen LogP contribution < -0.4 is 10.0 Å². The van der Waals surface area contributed by atoms with Gasteiger partial charge in [-0.1, -0.05) is 29.3 Å². The first kappa shape index (κ1) is 21.0. The van der Waals surface area contributed by atoms with Gasteiger partial charge in [-0.3, -0.25) is 9.52 Å². The van der Waals surface area contributed by atoms with Gasteiger partial charge in [0.1, 0.15) is 4.21 Å². The van der Waals surface area contributed by atoms with Crippen LogP contribution in [-0.2, 0) is 14.8 Å². The molecule has 2 N–H and O–H groups in total. The van der Waals surface area contributed by atoms with Crippen LogP contribution in [0.25, 0.3) is 0 Å². The Morgan fingerprint density at radius 2 is 1.82 bits per heavy atom. The minimum atomic E-state index is -3.58. The highest BCUT2D eigenvalue weighted by Crippen LogP contribution is 2.27. The van der Waals surface area contributed by atoms with Gasteiger partial charge >= 0.3 is 0 Å². The minimum absolute atomic E-state index is 0.170. The summed E-state index contributed by atoms with van der Waals surface area (Å²) in [5.74, 6) is -0.0556. The van der Waals surface area contributed by atoms with Crippen LogP contribution >= 0.6 is 46.3 Å². The van der Waals surface area contributed by atoms with Crippen molar-refractivity contribution in [3.63, 3.8) is 0 Å². The van der Waals surface area contributed by atoms with Crippen molar-refractivity contribution in [1.82, 2.24) is 0 Å². The summed E-state index contributed by atoms with van der Waals surface area (Å²) in [6.45, 7) is 0. The van der Waals surface area contributed by atoms with E-state index >= 15 is 0 Å². The van der Waals surface area contributed by atoms with Crippen LogP contribution in [0.2, 0.25) is 10.0 Å². The molecule has 28 heavy (non-hydrogen) atoms. The topological polar surface area (TPSA) is 75.3 Å². The van der Waals surface area contributed by atoms with Crippen molar-refractivity contribution in [2.75, 3.05) is 15.8 Å². The first-order valence-corrected chi connectivity index (χ1v) is 12.0. The number of sulfonamides is 1. The quantitative estimate of drug-likeness (QED) is 0.439. The number of nitrogens with one attached hydrogen (secondary N) is 2. The standard InChI is InChI=1S/C18H14Cl2N2O3S3/c19-12-3-8-15(20)16(10-12)21-17(23)11-27-14-6-4-13(5-7-14)22-28(24,25)18-2-1-9-26-18/h1-10,22H,11H2,(H,21,23). The molecule has 0 aliphatic rings. The van der Waals surface area contributed by atoms with Crippen LogP contribution in [0.1, 0.15) is 0 Å². The maximum Gasteiger partial charge on any atom is 0.271 e. The zero-order chi connectivity index (χ0) is 20.1. The second-order valence-electron chi connectivity index (χ2n) is 5.52. The van der Waals surface area contributed by atoms with E-state index < -0.39 is 10.0 Å². The van der Waals surface area contributed by atoms with Gasteiger partial charge in [0.15, 0.2) is 0 Å². The van der Waals surface area contributed by atoms with E-state index in [4.69, 9.17) is 23.2 Å². The van der Waals surface area contributed by atoms with E-state index in [2.05, 4.69) is 10.0 Å². The average Bonchev–Trinajstić information content (AvgIpc) is 3.20. The largest absolute Gasteiger partial charge is 0.324 e. The van der Waals surface area contributed by atoms with Crippen molar-refractivity contribution in [2.45, 2.75) is 9.10 Å². The highest BCUT2D eigenvalue weighted by molar-refractivity contribution is 8.00. The molecule has 0 aliphatic heterocycles. The van der Waals surface area contributed by atoms with Crippen LogP contribution in [0.15, 0.2) is 69.1 Å². The molecule has 0 saturated heterocycles. The van der Waals surface area contributed by atoms with Crippen molar-refractivity contribution < 1.29 is 13.2 Å². The lowest BCUT2D eigenvalue weighted by atomic mass is 10.3. The molecule has 10 heteroatoms. The summed E-state index contributed by atoms with van der Waals surface area (Å²) in [6, 6.07) is 14.9. The summed E-state index contributed by atoms with van der Waals surface area (Å²) in [5.41, 5.74) is 0.908. The number of halogens is 2. The Hall–Kier alpha value is -1.71. The SMILES string of the molecule is O=C(CSc1ccc(NS(=O)(=O)c2cccs2)cc1)Nc1cc(Cl)ccc1Cl. The second kappa shape index (κ2) is 9.19. The number of thioether (sulfide) groups is 1. The van der Waals surface area contributed by atoms with Gasteiger partial charge in [0.2, 0.25) is 5.91 Å². The number of thiophene rings is 1. The molecule has 0 saturated carbocycles. The molecule has 5 nitrogen and oxygen atoms in total. The van der Waals surface area contributed by atoms with Gasteiger partial charge in [0, 0.05) is 15.6 Å². The van der Waals surface area contributed by atoms with E-state index in [0.29, 0.717) is 21.4 Å². The Kier molecular flexibility index (Phi) is 6.90. The summed E-state index contributed by atoms with van der Waals surface area (Å²) in [5, 5.41) is 5.30. The molecule has 0 aliphatic carbocycles. The third-order valence-electron chi connectivity index (χ3n) is 3.44. The van der Waals surface area contributed by atoms with E-state index in [1.54, 1.807) is 60.0 Å². The Labute approximate surface area is 181 Å². The fourth-order valence-corrected chi connectivity index (χ4v) is 5.26. The maximum absolute atomic E-state index is 12.2. The number of benzene rings is 2. The summed E-state index contributed by atoms with van der Waals surface area (Å²) >= 11 is 14.4. The van der Waals surface area contributed by atoms with Gasteiger partial charge in [0.25, 0.3) is 10.0 Å². The van der Waals surface area contributed by atoms with Crippen LogP contribution in [0, 0.1) is 0 Å². The van der Waals surface area contributed by atoms with Gasteiger partial charge in [-0.05, 0) is 53.9 Å². The van der Waals surface area contributed by atoms with Gasteiger partial charge in [-0.25, -0.2) is 8.42 Å². The average molecular weight is 473 g/mol. The number of rotatable bonds is 7. The number of anilines is 2. The Bertz CT molecular complexity index is 1070.